The molecule has 6 aromatic rings. The van der Waals surface area contributed by atoms with Gasteiger partial charge in [0.25, 0.3) is 0 Å². The maximum atomic E-state index is 3.06. The fourth-order valence-corrected chi connectivity index (χ4v) is 3.93. The van der Waals surface area contributed by atoms with Crippen molar-refractivity contribution in [2.75, 3.05) is 0 Å². The number of halogens is 2. The van der Waals surface area contributed by atoms with Crippen LogP contribution in [0.1, 0.15) is 0 Å². The molecular weight excluding hydrogens is 531 g/mol. The first kappa shape index (κ1) is 30.4. The number of hydrogen-bond donors (Lipinski definition) is 0. The van der Waals surface area contributed by atoms with Crippen LogP contribution in [0.3, 0.4) is 0 Å². The van der Waals surface area contributed by atoms with Crippen molar-refractivity contribution < 1.29 is 23.3 Å². The summed E-state index contributed by atoms with van der Waals surface area (Å²) in [4.78, 5) is 0. The molecule has 0 fully saturated rings. The van der Waals surface area contributed by atoms with Crippen LogP contribution in [0.2, 0.25) is 0 Å². The van der Waals surface area contributed by atoms with Crippen molar-refractivity contribution in [3.63, 3.8) is 0 Å². The SMILES string of the molecule is Cl.Cl.Cn1ccc2c3ccccc3[cH-]c21.Cn1ccc2c3ccccc3[cH-]c21.[CH3-].[CH3-].[Si]=[Zr]. The Hall–Kier alpha value is -1.58. The van der Waals surface area contributed by atoms with Crippen molar-refractivity contribution in [3.8, 4) is 0 Å². The van der Waals surface area contributed by atoms with Crippen molar-refractivity contribution in [2.45, 2.75) is 0 Å². The van der Waals surface area contributed by atoms with E-state index in [4.69, 9.17) is 0 Å². The summed E-state index contributed by atoms with van der Waals surface area (Å²) in [6.45, 7) is 3.06. The number of nitrogens with zero attached hydrogens (tertiary/aromatic N) is 2. The van der Waals surface area contributed by atoms with E-state index in [0.29, 0.717) is 0 Å². The topological polar surface area (TPSA) is 9.86 Å². The Kier molecular flexibility index (Phi) is 12.6. The summed E-state index contributed by atoms with van der Waals surface area (Å²) in [5.74, 6) is 0. The summed E-state index contributed by atoms with van der Waals surface area (Å²) in [5, 5.41) is 8.11. The van der Waals surface area contributed by atoms with Gasteiger partial charge in [0.15, 0.2) is 0 Å². The van der Waals surface area contributed by atoms with Crippen LogP contribution < -0.4 is 0 Å². The number of fused-ring (bicyclic) bond motifs is 6. The molecule has 2 radical (unpaired) electrons. The molecule has 0 unspecified atom stereocenters. The molecule has 0 saturated heterocycles. The Bertz CT molecular complexity index is 1280. The first-order valence-electron chi connectivity index (χ1n) is 9.16. The zero-order chi connectivity index (χ0) is 19.7. The van der Waals surface area contributed by atoms with E-state index in [-0.39, 0.29) is 39.7 Å². The quantitative estimate of drug-likeness (QED) is 0.135. The molecule has 2 nitrogen and oxygen atoms in total. The van der Waals surface area contributed by atoms with E-state index >= 15 is 0 Å². The molecule has 0 bridgehead atoms. The average molecular weight is 559 g/mol. The molecule has 6 rings (SSSR count). The van der Waals surface area contributed by atoms with E-state index < -0.39 is 0 Å². The summed E-state index contributed by atoms with van der Waals surface area (Å²) in [6, 6.07) is 25.9. The molecule has 0 saturated carbocycles. The normalized spacial score (nSPS) is 9.41. The molecule has 0 amide bonds. The second-order valence-corrected chi connectivity index (χ2v) is 6.91. The standard InChI is InChI=1S/2C12H10N.2CH3.2ClH.Si.Zr/c2*1-13-7-6-11-10-5-3-2-4-9(10)8-12(11)13;;;;;;/h2*2-8H,1H3;2*1H3;2*1H;;/q4*-1;;;;. The van der Waals surface area contributed by atoms with Gasteiger partial charge >= 0.3 is 30.2 Å². The third-order valence-corrected chi connectivity index (χ3v) is 5.33. The zero-order valence-electron chi connectivity index (χ0n) is 18.8. The summed E-state index contributed by atoms with van der Waals surface area (Å²) >= 11 is 1.36. The Labute approximate surface area is 220 Å². The van der Waals surface area contributed by atoms with Gasteiger partial charge in [0.2, 0.25) is 0 Å². The molecule has 0 aliphatic rings. The maximum absolute atomic E-state index is 3.06. The Morgan fingerprint density at radius 1 is 0.594 bits per heavy atom. The summed E-state index contributed by atoms with van der Waals surface area (Å²) in [5.41, 5.74) is 2.64. The monoisotopic (exact) mass is 556 g/mol. The Morgan fingerprint density at radius 2 is 0.938 bits per heavy atom. The van der Waals surface area contributed by atoms with Gasteiger partial charge in [0.1, 0.15) is 0 Å². The molecule has 0 atom stereocenters. The van der Waals surface area contributed by atoms with Crippen LogP contribution in [0.4, 0.5) is 0 Å². The predicted molar refractivity (Wildman–Crippen MR) is 145 cm³/mol. The molecule has 2 aromatic heterocycles. The first-order valence-corrected chi connectivity index (χ1v) is 13.3. The summed E-state index contributed by atoms with van der Waals surface area (Å²) in [6.07, 6.45) is 4.22. The number of aromatic nitrogens is 2. The van der Waals surface area contributed by atoms with Crippen LogP contribution in [0.15, 0.2) is 85.2 Å². The molecule has 0 aliphatic heterocycles. The molecule has 6 heteroatoms. The second-order valence-electron chi connectivity index (χ2n) is 6.91. The van der Waals surface area contributed by atoms with Gasteiger partial charge in [-0.1, -0.05) is 24.3 Å². The van der Waals surface area contributed by atoms with Crippen molar-refractivity contribution in [3.05, 3.63) is 100 Å². The third-order valence-electron chi connectivity index (χ3n) is 5.33. The van der Waals surface area contributed by atoms with E-state index in [1.807, 2.05) is 0 Å². The molecule has 168 valence electrons. The van der Waals surface area contributed by atoms with Gasteiger partial charge in [0, 0.05) is 14.1 Å². The minimum atomic E-state index is 0. The Morgan fingerprint density at radius 3 is 1.31 bits per heavy atom. The van der Waals surface area contributed by atoms with Gasteiger partial charge in [-0.05, 0) is 23.4 Å². The van der Waals surface area contributed by atoms with Gasteiger partial charge in [-0.25, -0.2) is 0 Å². The molecule has 0 spiro atoms. The van der Waals surface area contributed by atoms with Crippen molar-refractivity contribution in [1.82, 2.24) is 9.13 Å². The van der Waals surface area contributed by atoms with E-state index in [0.717, 1.165) is 0 Å². The van der Waals surface area contributed by atoms with E-state index in [1.54, 1.807) is 0 Å². The number of benzene rings is 2. The van der Waals surface area contributed by atoms with E-state index in [2.05, 4.69) is 115 Å². The fourth-order valence-electron chi connectivity index (χ4n) is 3.93. The van der Waals surface area contributed by atoms with Crippen LogP contribution in [0, 0.1) is 14.9 Å². The van der Waals surface area contributed by atoms with Crippen LogP contribution in [0.5, 0.6) is 0 Å². The number of hydrogen-bond acceptors (Lipinski definition) is 0. The van der Waals surface area contributed by atoms with Crippen LogP contribution in [-0.2, 0) is 37.4 Å². The van der Waals surface area contributed by atoms with Gasteiger partial charge in [-0.3, -0.25) is 0 Å². The fraction of sp³-hybridized carbons (Fsp3) is 0.0769. The van der Waals surface area contributed by atoms with Crippen LogP contribution in [-0.4, -0.2) is 16.0 Å². The molecule has 32 heavy (non-hydrogen) atoms. The molecule has 0 aliphatic carbocycles. The minimum absolute atomic E-state index is 0. The van der Waals surface area contributed by atoms with E-state index in [1.165, 1.54) is 66.7 Å². The Balaban J connectivity index is 0.000000500. The first-order chi connectivity index (χ1) is 13.7. The van der Waals surface area contributed by atoms with Crippen LogP contribution >= 0.6 is 24.8 Å². The third kappa shape index (κ3) is 5.48. The number of aryl methyl sites for hydroxylation is 2. The molecule has 2 heterocycles. The van der Waals surface area contributed by atoms with Gasteiger partial charge in [-0.2, -0.15) is 0 Å². The van der Waals surface area contributed by atoms with Crippen molar-refractivity contribution in [2.24, 2.45) is 14.1 Å². The number of rotatable bonds is 0. The zero-order valence-corrected chi connectivity index (χ0v) is 23.9. The molecule has 4 aromatic carbocycles. The molecular formula is C26H28Cl2N2SiZr-4. The second kappa shape index (κ2) is 13.2. The van der Waals surface area contributed by atoms with Crippen LogP contribution in [0.25, 0.3) is 43.4 Å². The van der Waals surface area contributed by atoms with Crippen molar-refractivity contribution in [1.29, 1.82) is 0 Å². The summed E-state index contributed by atoms with van der Waals surface area (Å²) < 4.78 is 4.32. The van der Waals surface area contributed by atoms with E-state index in [9.17, 15) is 0 Å². The predicted octanol–water partition coefficient (Wildman–Crippen LogP) is 7.46. The van der Waals surface area contributed by atoms with Gasteiger partial charge in [-0.15, -0.1) is 106 Å². The average Bonchev–Trinajstić information content (AvgIpc) is 3.47. The summed E-state index contributed by atoms with van der Waals surface area (Å²) in [7, 11) is 4.17. The van der Waals surface area contributed by atoms with Gasteiger partial charge < -0.3 is 24.0 Å². The van der Waals surface area contributed by atoms with Gasteiger partial charge in [0.05, 0.1) is 0 Å². The molecule has 0 N–H and O–H groups in total. The van der Waals surface area contributed by atoms with Crippen molar-refractivity contribution >= 4 is 75.0 Å².